The van der Waals surface area contributed by atoms with Crippen LogP contribution in [0.1, 0.15) is 41.5 Å². The summed E-state index contributed by atoms with van der Waals surface area (Å²) in [6.45, 7) is 10.2. The van der Waals surface area contributed by atoms with E-state index in [0.29, 0.717) is 10.5 Å². The summed E-state index contributed by atoms with van der Waals surface area (Å²) < 4.78 is 12.8. The van der Waals surface area contributed by atoms with Gasteiger partial charge >= 0.3 is 12.2 Å². The topological polar surface area (TPSA) is 86.0 Å². The highest BCUT2D eigenvalue weighted by atomic mass is 79.9. The first kappa shape index (κ1) is 19.2. The van der Waals surface area contributed by atoms with Crippen LogP contribution in [0, 0.1) is 0 Å². The van der Waals surface area contributed by atoms with Gasteiger partial charge in [-0.1, -0.05) is 15.9 Å². The van der Waals surface area contributed by atoms with Gasteiger partial charge in [-0.3, -0.25) is 0 Å². The second-order valence-corrected chi connectivity index (χ2v) is 8.27. The largest absolute Gasteiger partial charge is 0.443 e. The molecule has 0 aromatic carbocycles. The molecule has 0 saturated heterocycles. The van der Waals surface area contributed by atoms with E-state index in [1.54, 1.807) is 59.9 Å². The van der Waals surface area contributed by atoms with Crippen molar-refractivity contribution in [1.29, 1.82) is 0 Å². The molecule has 0 fully saturated rings. The number of carbonyl (C=O) groups excluding carboxylic acids is 2. The summed E-state index contributed by atoms with van der Waals surface area (Å²) in [6, 6.07) is 3.47. The lowest BCUT2D eigenvalue weighted by atomic mass is 10.2. The standard InChI is InChI=1S/C16H21BrN4O4/c1-15(2,3)24-13(22)21(14(23)25-16(4,5)6)12-18-11-9-10(17)7-8-20(11)19-12/h7-9H,1-6H3. The van der Waals surface area contributed by atoms with Crippen LogP contribution in [0.2, 0.25) is 0 Å². The van der Waals surface area contributed by atoms with Gasteiger partial charge in [-0.2, -0.15) is 4.98 Å². The van der Waals surface area contributed by atoms with E-state index in [-0.39, 0.29) is 5.95 Å². The Balaban J connectivity index is 2.44. The highest BCUT2D eigenvalue weighted by molar-refractivity contribution is 9.10. The Morgan fingerprint density at radius 2 is 1.60 bits per heavy atom. The van der Waals surface area contributed by atoms with E-state index in [1.165, 1.54) is 4.52 Å². The van der Waals surface area contributed by atoms with Crippen LogP contribution in [0.15, 0.2) is 22.8 Å². The van der Waals surface area contributed by atoms with E-state index in [0.717, 1.165) is 4.47 Å². The molecule has 136 valence electrons. The molecule has 0 spiro atoms. The second kappa shape index (κ2) is 6.62. The fourth-order valence-electron chi connectivity index (χ4n) is 1.79. The summed E-state index contributed by atoms with van der Waals surface area (Å²) >= 11 is 3.34. The van der Waals surface area contributed by atoms with Gasteiger partial charge in [0.15, 0.2) is 5.65 Å². The first-order valence-corrected chi connectivity index (χ1v) is 8.43. The molecule has 0 atom stereocenters. The number of pyridine rings is 1. The van der Waals surface area contributed by atoms with Crippen molar-refractivity contribution in [2.75, 3.05) is 4.90 Å². The average molecular weight is 413 g/mol. The number of aromatic nitrogens is 3. The zero-order chi connectivity index (χ0) is 19.0. The summed E-state index contributed by atoms with van der Waals surface area (Å²) in [6.07, 6.45) is -0.161. The van der Waals surface area contributed by atoms with Crippen molar-refractivity contribution >= 4 is 39.7 Å². The fourth-order valence-corrected chi connectivity index (χ4v) is 2.12. The van der Waals surface area contributed by atoms with Gasteiger partial charge in [-0.25, -0.2) is 14.1 Å². The molecule has 0 aliphatic carbocycles. The number of nitrogens with zero attached hydrogens (tertiary/aromatic N) is 4. The molecule has 9 heteroatoms. The molecule has 2 rings (SSSR count). The first-order chi connectivity index (χ1) is 11.4. The summed E-state index contributed by atoms with van der Waals surface area (Å²) in [5.74, 6) is -0.124. The van der Waals surface area contributed by atoms with Crippen LogP contribution in [0.5, 0.6) is 0 Å². The first-order valence-electron chi connectivity index (χ1n) is 7.64. The highest BCUT2D eigenvalue weighted by Crippen LogP contribution is 2.20. The number of ether oxygens (including phenoxy) is 2. The van der Waals surface area contributed by atoms with Crippen molar-refractivity contribution in [3.05, 3.63) is 22.8 Å². The smallest absolute Gasteiger partial charge is 0.427 e. The van der Waals surface area contributed by atoms with Crippen LogP contribution in [0.3, 0.4) is 0 Å². The Bertz CT molecular complexity index is 777. The average Bonchev–Trinajstić information content (AvgIpc) is 2.76. The molecule has 2 heterocycles. The van der Waals surface area contributed by atoms with Gasteiger partial charge in [-0.05, 0) is 53.7 Å². The van der Waals surface area contributed by atoms with Crippen molar-refractivity contribution < 1.29 is 19.1 Å². The van der Waals surface area contributed by atoms with E-state index in [4.69, 9.17) is 9.47 Å². The number of anilines is 1. The number of rotatable bonds is 1. The number of fused-ring (bicyclic) bond motifs is 1. The number of halogens is 1. The summed E-state index contributed by atoms with van der Waals surface area (Å²) in [7, 11) is 0. The minimum Gasteiger partial charge on any atom is -0.443 e. The minimum atomic E-state index is -0.906. The predicted molar refractivity (Wildman–Crippen MR) is 95.6 cm³/mol. The van der Waals surface area contributed by atoms with Crippen LogP contribution >= 0.6 is 15.9 Å². The van der Waals surface area contributed by atoms with Gasteiger partial charge in [0.2, 0.25) is 0 Å². The molecular formula is C16H21BrN4O4. The molecule has 0 bridgehead atoms. The molecule has 0 N–H and O–H groups in total. The summed E-state index contributed by atoms with van der Waals surface area (Å²) in [5, 5.41) is 4.17. The second-order valence-electron chi connectivity index (χ2n) is 7.36. The van der Waals surface area contributed by atoms with Gasteiger partial charge < -0.3 is 9.47 Å². The molecular weight excluding hydrogens is 392 g/mol. The molecule has 0 unspecified atom stereocenters. The SMILES string of the molecule is CC(C)(C)OC(=O)N(C(=O)OC(C)(C)C)c1nc2cc(Br)ccn2n1. The Kier molecular flexibility index (Phi) is 5.08. The third-order valence-electron chi connectivity index (χ3n) is 2.64. The van der Waals surface area contributed by atoms with Gasteiger partial charge in [0.05, 0.1) is 0 Å². The highest BCUT2D eigenvalue weighted by Gasteiger charge is 2.35. The van der Waals surface area contributed by atoms with E-state index >= 15 is 0 Å². The third kappa shape index (κ3) is 5.15. The van der Waals surface area contributed by atoms with E-state index in [9.17, 15) is 9.59 Å². The Labute approximate surface area is 154 Å². The maximum atomic E-state index is 12.5. The third-order valence-corrected chi connectivity index (χ3v) is 3.13. The zero-order valence-corrected chi connectivity index (χ0v) is 16.6. The van der Waals surface area contributed by atoms with Crippen molar-refractivity contribution in [1.82, 2.24) is 14.6 Å². The maximum absolute atomic E-state index is 12.5. The van der Waals surface area contributed by atoms with Crippen LogP contribution in [-0.2, 0) is 9.47 Å². The summed E-state index contributed by atoms with van der Waals surface area (Å²) in [4.78, 5) is 30.0. The molecule has 25 heavy (non-hydrogen) atoms. The zero-order valence-electron chi connectivity index (χ0n) is 15.0. The van der Waals surface area contributed by atoms with Crippen LogP contribution < -0.4 is 4.90 Å². The quantitative estimate of drug-likeness (QED) is 0.698. The van der Waals surface area contributed by atoms with Gasteiger partial charge in [0, 0.05) is 10.7 Å². The normalized spacial score (nSPS) is 12.1. The number of carbonyl (C=O) groups is 2. The molecule has 0 radical (unpaired) electrons. The fraction of sp³-hybridized carbons (Fsp3) is 0.500. The molecule has 2 aromatic heterocycles. The van der Waals surface area contributed by atoms with Gasteiger partial charge in [0.25, 0.3) is 5.95 Å². The monoisotopic (exact) mass is 412 g/mol. The number of amides is 2. The van der Waals surface area contributed by atoms with E-state index < -0.39 is 23.4 Å². The lowest BCUT2D eigenvalue weighted by Gasteiger charge is -2.26. The Morgan fingerprint density at radius 3 is 2.08 bits per heavy atom. The molecule has 0 aliphatic rings. The number of hydrogen-bond donors (Lipinski definition) is 0. The minimum absolute atomic E-state index is 0.124. The maximum Gasteiger partial charge on any atom is 0.427 e. The predicted octanol–water partition coefficient (Wildman–Crippen LogP) is 4.17. The Hall–Kier alpha value is -2.16. The number of hydrogen-bond acceptors (Lipinski definition) is 6. The lowest BCUT2D eigenvalue weighted by molar-refractivity contribution is 0.0427. The van der Waals surface area contributed by atoms with Crippen molar-refractivity contribution in [3.8, 4) is 0 Å². The molecule has 2 aromatic rings. The van der Waals surface area contributed by atoms with Crippen LogP contribution in [0.4, 0.5) is 15.5 Å². The number of imide groups is 1. The molecule has 0 aliphatic heterocycles. The lowest BCUT2D eigenvalue weighted by Crippen LogP contribution is -2.44. The van der Waals surface area contributed by atoms with Gasteiger partial charge in [-0.15, -0.1) is 10.00 Å². The summed E-state index contributed by atoms with van der Waals surface area (Å²) in [5.41, 5.74) is -1.12. The molecule has 8 nitrogen and oxygen atoms in total. The van der Waals surface area contributed by atoms with Crippen molar-refractivity contribution in [2.24, 2.45) is 0 Å². The van der Waals surface area contributed by atoms with E-state index in [2.05, 4.69) is 26.0 Å². The molecule has 2 amide bonds. The van der Waals surface area contributed by atoms with Crippen LogP contribution in [-0.4, -0.2) is 38.0 Å². The Morgan fingerprint density at radius 1 is 1.08 bits per heavy atom. The van der Waals surface area contributed by atoms with Crippen LogP contribution in [0.25, 0.3) is 5.65 Å². The van der Waals surface area contributed by atoms with Gasteiger partial charge in [0.1, 0.15) is 11.2 Å². The van der Waals surface area contributed by atoms with Crippen molar-refractivity contribution in [2.45, 2.75) is 52.7 Å². The molecule has 0 saturated carbocycles. The van der Waals surface area contributed by atoms with E-state index in [1.807, 2.05) is 0 Å². The van der Waals surface area contributed by atoms with Crippen molar-refractivity contribution in [3.63, 3.8) is 0 Å².